The first-order valence-electron chi connectivity index (χ1n) is 3.03. The molecular formula is C7H9BrN2O. The molecule has 0 unspecified atom stereocenters. The number of benzene rings is 1. The van der Waals surface area contributed by atoms with E-state index in [0.29, 0.717) is 17.1 Å². The second-order valence-electron chi connectivity index (χ2n) is 2.12. The summed E-state index contributed by atoms with van der Waals surface area (Å²) in [7, 11) is 1.55. The Morgan fingerprint density at radius 2 is 1.91 bits per heavy atom. The van der Waals surface area contributed by atoms with Crippen molar-refractivity contribution in [1.82, 2.24) is 0 Å². The van der Waals surface area contributed by atoms with E-state index in [1.54, 1.807) is 19.2 Å². The van der Waals surface area contributed by atoms with E-state index < -0.39 is 0 Å². The van der Waals surface area contributed by atoms with E-state index >= 15 is 0 Å². The SMILES string of the molecule is COc1cc(N)c(Br)cc1N. The molecule has 0 bridgehead atoms. The van der Waals surface area contributed by atoms with Gasteiger partial charge in [0.1, 0.15) is 5.75 Å². The summed E-state index contributed by atoms with van der Waals surface area (Å²) in [4.78, 5) is 0. The predicted octanol–water partition coefficient (Wildman–Crippen LogP) is 1.62. The van der Waals surface area contributed by atoms with Gasteiger partial charge in [0.2, 0.25) is 0 Å². The average molecular weight is 217 g/mol. The van der Waals surface area contributed by atoms with Crippen LogP contribution in [0.15, 0.2) is 16.6 Å². The van der Waals surface area contributed by atoms with E-state index in [-0.39, 0.29) is 0 Å². The maximum absolute atomic E-state index is 5.59. The Morgan fingerprint density at radius 3 is 2.45 bits per heavy atom. The fourth-order valence-corrected chi connectivity index (χ4v) is 1.12. The molecule has 0 saturated carbocycles. The molecule has 4 heteroatoms. The van der Waals surface area contributed by atoms with Gasteiger partial charge in [-0.05, 0) is 22.0 Å². The normalized spacial score (nSPS) is 9.64. The lowest BCUT2D eigenvalue weighted by Crippen LogP contribution is -1.95. The zero-order valence-corrected chi connectivity index (χ0v) is 7.68. The third-order valence-corrected chi connectivity index (χ3v) is 2.04. The summed E-state index contributed by atoms with van der Waals surface area (Å²) < 4.78 is 5.74. The molecule has 1 rings (SSSR count). The number of ether oxygens (including phenoxy) is 1. The highest BCUT2D eigenvalue weighted by molar-refractivity contribution is 9.10. The molecule has 0 aliphatic carbocycles. The van der Waals surface area contributed by atoms with Gasteiger partial charge >= 0.3 is 0 Å². The van der Waals surface area contributed by atoms with Crippen molar-refractivity contribution in [3.05, 3.63) is 16.6 Å². The van der Waals surface area contributed by atoms with Crippen molar-refractivity contribution >= 4 is 27.3 Å². The van der Waals surface area contributed by atoms with Crippen LogP contribution in [0.5, 0.6) is 5.75 Å². The quantitative estimate of drug-likeness (QED) is 0.702. The Hall–Kier alpha value is -0.900. The number of halogens is 1. The lowest BCUT2D eigenvalue weighted by molar-refractivity contribution is 0.417. The van der Waals surface area contributed by atoms with Gasteiger partial charge in [-0.2, -0.15) is 0 Å². The van der Waals surface area contributed by atoms with Crippen molar-refractivity contribution in [3.63, 3.8) is 0 Å². The molecule has 0 amide bonds. The summed E-state index contributed by atoms with van der Waals surface area (Å²) in [5.41, 5.74) is 12.4. The first-order chi connectivity index (χ1) is 5.15. The Balaban J connectivity index is 3.21. The molecule has 0 fully saturated rings. The van der Waals surface area contributed by atoms with Gasteiger partial charge in [-0.1, -0.05) is 0 Å². The Kier molecular flexibility index (Phi) is 2.24. The van der Waals surface area contributed by atoms with Crippen molar-refractivity contribution in [3.8, 4) is 5.75 Å². The topological polar surface area (TPSA) is 61.3 Å². The number of nitrogen functional groups attached to an aromatic ring is 2. The van der Waals surface area contributed by atoms with Gasteiger partial charge in [0, 0.05) is 16.2 Å². The molecule has 1 aromatic carbocycles. The van der Waals surface area contributed by atoms with Crippen molar-refractivity contribution in [2.24, 2.45) is 0 Å². The molecule has 0 atom stereocenters. The van der Waals surface area contributed by atoms with Gasteiger partial charge in [0.15, 0.2) is 0 Å². The standard InChI is InChI=1S/C7H9BrN2O/c1-11-7-3-5(9)4(8)2-6(7)10/h2-3H,9-10H2,1H3. The lowest BCUT2D eigenvalue weighted by Gasteiger charge is -2.06. The van der Waals surface area contributed by atoms with Crippen LogP contribution in [0.25, 0.3) is 0 Å². The molecule has 1 aromatic rings. The predicted molar refractivity (Wildman–Crippen MR) is 49.5 cm³/mol. The first-order valence-corrected chi connectivity index (χ1v) is 3.83. The molecule has 0 radical (unpaired) electrons. The van der Waals surface area contributed by atoms with Crippen molar-refractivity contribution in [2.75, 3.05) is 18.6 Å². The molecule has 4 N–H and O–H groups in total. The van der Waals surface area contributed by atoms with Crippen LogP contribution >= 0.6 is 15.9 Å². The van der Waals surface area contributed by atoms with Crippen LogP contribution in [-0.4, -0.2) is 7.11 Å². The highest BCUT2D eigenvalue weighted by Gasteiger charge is 2.02. The second kappa shape index (κ2) is 3.00. The molecule has 0 aliphatic rings. The van der Waals surface area contributed by atoms with Crippen LogP contribution in [-0.2, 0) is 0 Å². The van der Waals surface area contributed by atoms with Gasteiger partial charge in [0.25, 0.3) is 0 Å². The number of nitrogens with two attached hydrogens (primary N) is 2. The summed E-state index contributed by atoms with van der Waals surface area (Å²) >= 11 is 3.25. The molecule has 3 nitrogen and oxygen atoms in total. The van der Waals surface area contributed by atoms with Crippen LogP contribution in [0, 0.1) is 0 Å². The van der Waals surface area contributed by atoms with E-state index in [1.807, 2.05) is 0 Å². The maximum atomic E-state index is 5.59. The fourth-order valence-electron chi connectivity index (χ4n) is 0.761. The van der Waals surface area contributed by atoms with E-state index in [1.165, 1.54) is 0 Å². The first kappa shape index (κ1) is 8.20. The molecule has 0 spiro atoms. The molecule has 0 heterocycles. The summed E-state index contributed by atoms with van der Waals surface area (Å²) in [5, 5.41) is 0. The summed E-state index contributed by atoms with van der Waals surface area (Å²) in [5.74, 6) is 0.603. The third kappa shape index (κ3) is 1.57. The maximum Gasteiger partial charge on any atom is 0.143 e. The van der Waals surface area contributed by atoms with Crippen LogP contribution in [0.2, 0.25) is 0 Å². The Bertz CT molecular complexity index is 275. The van der Waals surface area contributed by atoms with Crippen molar-refractivity contribution in [2.45, 2.75) is 0 Å². The van der Waals surface area contributed by atoms with E-state index in [9.17, 15) is 0 Å². The minimum atomic E-state index is 0.577. The van der Waals surface area contributed by atoms with Crippen LogP contribution in [0.1, 0.15) is 0 Å². The Morgan fingerprint density at radius 1 is 1.27 bits per heavy atom. The number of hydrogen-bond acceptors (Lipinski definition) is 3. The minimum absolute atomic E-state index is 0.577. The molecule has 60 valence electrons. The zero-order chi connectivity index (χ0) is 8.43. The van der Waals surface area contributed by atoms with E-state index in [4.69, 9.17) is 16.2 Å². The van der Waals surface area contributed by atoms with Crippen molar-refractivity contribution < 1.29 is 4.74 Å². The fraction of sp³-hybridized carbons (Fsp3) is 0.143. The summed E-state index contributed by atoms with van der Waals surface area (Å²) in [6, 6.07) is 3.40. The highest BCUT2D eigenvalue weighted by atomic mass is 79.9. The van der Waals surface area contributed by atoms with Crippen LogP contribution < -0.4 is 16.2 Å². The lowest BCUT2D eigenvalue weighted by atomic mass is 10.2. The molecule has 0 saturated heterocycles. The minimum Gasteiger partial charge on any atom is -0.495 e. The Labute approximate surface area is 73.5 Å². The highest BCUT2D eigenvalue weighted by Crippen LogP contribution is 2.30. The molecule has 11 heavy (non-hydrogen) atoms. The zero-order valence-electron chi connectivity index (χ0n) is 6.10. The second-order valence-corrected chi connectivity index (χ2v) is 2.97. The average Bonchev–Trinajstić information content (AvgIpc) is 1.97. The number of hydrogen-bond donors (Lipinski definition) is 2. The van der Waals surface area contributed by atoms with Gasteiger partial charge in [-0.25, -0.2) is 0 Å². The summed E-state index contributed by atoms with van der Waals surface area (Å²) in [6.07, 6.45) is 0. The molecular weight excluding hydrogens is 208 g/mol. The van der Waals surface area contributed by atoms with Crippen LogP contribution in [0.3, 0.4) is 0 Å². The van der Waals surface area contributed by atoms with Gasteiger partial charge in [-0.3, -0.25) is 0 Å². The van der Waals surface area contributed by atoms with Gasteiger partial charge in [0.05, 0.1) is 12.8 Å². The van der Waals surface area contributed by atoms with Gasteiger partial charge < -0.3 is 16.2 Å². The monoisotopic (exact) mass is 216 g/mol. The number of anilines is 2. The van der Waals surface area contributed by atoms with Crippen molar-refractivity contribution in [1.29, 1.82) is 0 Å². The number of rotatable bonds is 1. The van der Waals surface area contributed by atoms with Gasteiger partial charge in [-0.15, -0.1) is 0 Å². The molecule has 0 aliphatic heterocycles. The van der Waals surface area contributed by atoms with E-state index in [2.05, 4.69) is 15.9 Å². The number of methoxy groups -OCH3 is 1. The molecule has 0 aromatic heterocycles. The van der Waals surface area contributed by atoms with Crippen LogP contribution in [0.4, 0.5) is 11.4 Å². The smallest absolute Gasteiger partial charge is 0.143 e. The summed E-state index contributed by atoms with van der Waals surface area (Å²) in [6.45, 7) is 0. The third-order valence-electron chi connectivity index (χ3n) is 1.35. The largest absolute Gasteiger partial charge is 0.495 e. The van der Waals surface area contributed by atoms with E-state index in [0.717, 1.165) is 4.47 Å².